The van der Waals surface area contributed by atoms with E-state index in [1.807, 2.05) is 6.92 Å². The Bertz CT molecular complexity index is 422. The number of hydrogen-bond acceptors (Lipinski definition) is 2. The molecule has 0 bridgehead atoms. The molecule has 1 aromatic rings. The molecule has 106 valence electrons. The Morgan fingerprint density at radius 3 is 2.74 bits per heavy atom. The zero-order valence-electron chi connectivity index (χ0n) is 11.0. The lowest BCUT2D eigenvalue weighted by Crippen LogP contribution is -2.44. The SMILES string of the molecule is CC(C(=O)NC1CCNCC1)c1cccc(F)c1.Cl. The summed E-state index contributed by atoms with van der Waals surface area (Å²) < 4.78 is 13.1. The van der Waals surface area contributed by atoms with Crippen molar-refractivity contribution < 1.29 is 9.18 Å². The molecule has 3 nitrogen and oxygen atoms in total. The highest BCUT2D eigenvalue weighted by Gasteiger charge is 2.20. The Morgan fingerprint density at radius 2 is 2.11 bits per heavy atom. The Kier molecular flexibility index (Phi) is 6.25. The summed E-state index contributed by atoms with van der Waals surface area (Å²) in [7, 11) is 0. The van der Waals surface area contributed by atoms with E-state index in [1.54, 1.807) is 12.1 Å². The van der Waals surface area contributed by atoms with E-state index in [9.17, 15) is 9.18 Å². The summed E-state index contributed by atoms with van der Waals surface area (Å²) in [5, 5.41) is 6.29. The zero-order chi connectivity index (χ0) is 13.0. The summed E-state index contributed by atoms with van der Waals surface area (Å²) in [5.74, 6) is -0.628. The number of benzene rings is 1. The molecule has 1 fully saturated rings. The van der Waals surface area contributed by atoms with Gasteiger partial charge in [-0.25, -0.2) is 4.39 Å². The highest BCUT2D eigenvalue weighted by molar-refractivity contribution is 5.85. The van der Waals surface area contributed by atoms with E-state index >= 15 is 0 Å². The first-order chi connectivity index (χ1) is 8.66. The third kappa shape index (κ3) is 4.48. The molecule has 2 N–H and O–H groups in total. The number of piperidine rings is 1. The molecule has 19 heavy (non-hydrogen) atoms. The summed E-state index contributed by atoms with van der Waals surface area (Å²) in [6, 6.07) is 6.48. The fraction of sp³-hybridized carbons (Fsp3) is 0.500. The first-order valence-electron chi connectivity index (χ1n) is 6.43. The molecule has 1 aliphatic heterocycles. The number of hydrogen-bond donors (Lipinski definition) is 2. The molecule has 0 saturated carbocycles. The molecule has 0 spiro atoms. The molecule has 2 rings (SSSR count). The van der Waals surface area contributed by atoms with Gasteiger partial charge >= 0.3 is 0 Å². The van der Waals surface area contributed by atoms with E-state index in [0.29, 0.717) is 0 Å². The van der Waals surface area contributed by atoms with Crippen molar-refractivity contribution in [1.82, 2.24) is 10.6 Å². The largest absolute Gasteiger partial charge is 0.353 e. The standard InChI is InChI=1S/C14H19FN2O.ClH/c1-10(11-3-2-4-12(15)9-11)14(18)17-13-5-7-16-8-6-13;/h2-4,9-10,13,16H,5-8H2,1H3,(H,17,18);1H. The predicted octanol–water partition coefficient (Wildman–Crippen LogP) is 2.22. The Labute approximate surface area is 119 Å². The number of rotatable bonds is 3. The average Bonchev–Trinajstić information content (AvgIpc) is 2.39. The van der Waals surface area contributed by atoms with Crippen molar-refractivity contribution in [2.75, 3.05) is 13.1 Å². The van der Waals surface area contributed by atoms with Gasteiger partial charge in [0.25, 0.3) is 0 Å². The predicted molar refractivity (Wildman–Crippen MR) is 76.1 cm³/mol. The molecule has 0 radical (unpaired) electrons. The van der Waals surface area contributed by atoms with Crippen LogP contribution in [0.4, 0.5) is 4.39 Å². The first kappa shape index (κ1) is 15.9. The van der Waals surface area contributed by atoms with E-state index in [-0.39, 0.29) is 36.1 Å². The Hall–Kier alpha value is -1.13. The monoisotopic (exact) mass is 286 g/mol. The fourth-order valence-corrected chi connectivity index (χ4v) is 2.22. The van der Waals surface area contributed by atoms with E-state index in [1.165, 1.54) is 12.1 Å². The van der Waals surface area contributed by atoms with Crippen LogP contribution in [-0.2, 0) is 4.79 Å². The second-order valence-corrected chi connectivity index (χ2v) is 4.81. The van der Waals surface area contributed by atoms with Gasteiger partial charge in [-0.15, -0.1) is 12.4 Å². The van der Waals surface area contributed by atoms with Crippen molar-refractivity contribution >= 4 is 18.3 Å². The van der Waals surface area contributed by atoms with E-state index in [0.717, 1.165) is 31.5 Å². The summed E-state index contributed by atoms with van der Waals surface area (Å²) in [6.45, 7) is 3.70. The van der Waals surface area contributed by atoms with Gasteiger partial charge in [0.15, 0.2) is 0 Å². The van der Waals surface area contributed by atoms with Crippen LogP contribution in [0.2, 0.25) is 0 Å². The van der Waals surface area contributed by atoms with Crippen molar-refractivity contribution in [3.63, 3.8) is 0 Å². The summed E-state index contributed by atoms with van der Waals surface area (Å²) >= 11 is 0. The lowest BCUT2D eigenvalue weighted by atomic mass is 9.98. The highest BCUT2D eigenvalue weighted by Crippen LogP contribution is 2.17. The lowest BCUT2D eigenvalue weighted by Gasteiger charge is -2.25. The molecule has 1 heterocycles. The lowest BCUT2D eigenvalue weighted by molar-refractivity contribution is -0.123. The van der Waals surface area contributed by atoms with Gasteiger partial charge in [0.1, 0.15) is 5.82 Å². The average molecular weight is 287 g/mol. The second kappa shape index (κ2) is 7.46. The normalized spacial score (nSPS) is 17.4. The molecule has 1 unspecified atom stereocenters. The molecular formula is C14H20ClFN2O. The highest BCUT2D eigenvalue weighted by atomic mass is 35.5. The summed E-state index contributed by atoms with van der Waals surface area (Å²) in [6.07, 6.45) is 1.92. The van der Waals surface area contributed by atoms with Crippen LogP contribution in [0.25, 0.3) is 0 Å². The van der Waals surface area contributed by atoms with Crippen molar-refractivity contribution in [3.05, 3.63) is 35.6 Å². The van der Waals surface area contributed by atoms with Crippen molar-refractivity contribution in [1.29, 1.82) is 0 Å². The number of nitrogens with one attached hydrogen (secondary N) is 2. The molecule has 5 heteroatoms. The molecule has 1 aromatic carbocycles. The van der Waals surface area contributed by atoms with E-state index in [4.69, 9.17) is 0 Å². The van der Waals surface area contributed by atoms with Crippen molar-refractivity contribution in [2.45, 2.75) is 31.7 Å². The zero-order valence-corrected chi connectivity index (χ0v) is 11.8. The maximum atomic E-state index is 13.1. The van der Waals surface area contributed by atoms with Gasteiger partial charge in [0.05, 0.1) is 5.92 Å². The maximum Gasteiger partial charge on any atom is 0.227 e. The molecule has 0 aliphatic carbocycles. The van der Waals surface area contributed by atoms with Crippen LogP contribution < -0.4 is 10.6 Å². The minimum Gasteiger partial charge on any atom is -0.353 e. The van der Waals surface area contributed by atoms with Crippen molar-refractivity contribution in [3.8, 4) is 0 Å². The molecule has 1 atom stereocenters. The van der Waals surface area contributed by atoms with Crippen LogP contribution >= 0.6 is 12.4 Å². The van der Waals surface area contributed by atoms with Gasteiger partial charge < -0.3 is 10.6 Å². The van der Waals surface area contributed by atoms with Crippen LogP contribution in [0.5, 0.6) is 0 Å². The quantitative estimate of drug-likeness (QED) is 0.895. The van der Waals surface area contributed by atoms with Gasteiger partial charge in [-0.1, -0.05) is 12.1 Å². The first-order valence-corrected chi connectivity index (χ1v) is 6.43. The smallest absolute Gasteiger partial charge is 0.227 e. The number of carbonyl (C=O) groups excluding carboxylic acids is 1. The minimum atomic E-state index is -0.310. The summed E-state index contributed by atoms with van der Waals surface area (Å²) in [4.78, 5) is 12.1. The molecular weight excluding hydrogens is 267 g/mol. The minimum absolute atomic E-state index is 0. The van der Waals surface area contributed by atoms with Gasteiger partial charge in [-0.05, 0) is 50.6 Å². The maximum absolute atomic E-state index is 13.1. The summed E-state index contributed by atoms with van der Waals surface area (Å²) in [5.41, 5.74) is 0.724. The number of amides is 1. The Morgan fingerprint density at radius 1 is 1.42 bits per heavy atom. The van der Waals surface area contributed by atoms with Gasteiger partial charge in [0, 0.05) is 6.04 Å². The fourth-order valence-electron chi connectivity index (χ4n) is 2.22. The van der Waals surface area contributed by atoms with Gasteiger partial charge in [0.2, 0.25) is 5.91 Å². The van der Waals surface area contributed by atoms with E-state index < -0.39 is 0 Å². The molecule has 1 aliphatic rings. The van der Waals surface area contributed by atoms with Crippen LogP contribution in [0.3, 0.4) is 0 Å². The topological polar surface area (TPSA) is 41.1 Å². The molecule has 1 amide bonds. The van der Waals surface area contributed by atoms with Crippen LogP contribution in [0.1, 0.15) is 31.2 Å². The number of halogens is 2. The third-order valence-corrected chi connectivity index (χ3v) is 3.43. The van der Waals surface area contributed by atoms with Crippen LogP contribution in [-0.4, -0.2) is 25.0 Å². The van der Waals surface area contributed by atoms with Crippen molar-refractivity contribution in [2.24, 2.45) is 0 Å². The second-order valence-electron chi connectivity index (χ2n) is 4.81. The van der Waals surface area contributed by atoms with E-state index in [2.05, 4.69) is 10.6 Å². The number of carbonyl (C=O) groups is 1. The van der Waals surface area contributed by atoms with Crippen LogP contribution in [0.15, 0.2) is 24.3 Å². The molecule has 0 aromatic heterocycles. The van der Waals surface area contributed by atoms with Crippen LogP contribution in [0, 0.1) is 5.82 Å². The molecule has 1 saturated heterocycles. The van der Waals surface area contributed by atoms with Gasteiger partial charge in [-0.2, -0.15) is 0 Å². The Balaban J connectivity index is 0.00000180. The third-order valence-electron chi connectivity index (χ3n) is 3.43. The van der Waals surface area contributed by atoms with Gasteiger partial charge in [-0.3, -0.25) is 4.79 Å².